The number of phenols is 1. The topological polar surface area (TPSA) is 56.5 Å². The molecule has 0 spiro atoms. The number of benzene rings is 2. The average molecular weight is 407 g/mol. The minimum Gasteiger partial charge on any atom is -0.504 e. The Balaban J connectivity index is 2.17. The molecule has 0 amide bonds. The molecule has 0 unspecified atom stereocenters. The van der Waals surface area contributed by atoms with Crippen LogP contribution in [0.3, 0.4) is 0 Å². The Morgan fingerprint density at radius 3 is 2.48 bits per heavy atom. The molecule has 0 saturated heterocycles. The van der Waals surface area contributed by atoms with Gasteiger partial charge < -0.3 is 19.1 Å². The van der Waals surface area contributed by atoms with Gasteiger partial charge in [0.25, 0.3) is 0 Å². The van der Waals surface area contributed by atoms with Crippen molar-refractivity contribution in [2.45, 2.75) is 0 Å². The maximum atomic E-state index is 14.1. The molecule has 5 nitrogen and oxygen atoms in total. The Morgan fingerprint density at radius 1 is 1.12 bits per heavy atom. The fraction of sp³-hybridized carbons (Fsp3) is 0.167. The van der Waals surface area contributed by atoms with E-state index in [4.69, 9.17) is 9.47 Å². The van der Waals surface area contributed by atoms with Gasteiger partial charge in [-0.15, -0.1) is 0 Å². The van der Waals surface area contributed by atoms with Crippen LogP contribution in [0.4, 0.5) is 4.39 Å². The number of aromatic hydroxyl groups is 1. The van der Waals surface area contributed by atoms with Crippen LogP contribution in [0.25, 0.3) is 22.5 Å². The largest absolute Gasteiger partial charge is 0.504 e. The van der Waals surface area contributed by atoms with Crippen molar-refractivity contribution in [2.75, 3.05) is 14.2 Å². The lowest BCUT2D eigenvalue weighted by atomic mass is 10.0. The highest BCUT2D eigenvalue weighted by Gasteiger charge is 2.18. The molecular formula is C18H16BrFN2O3. The number of aromatic nitrogens is 2. The number of ether oxygens (including phenoxy) is 2. The van der Waals surface area contributed by atoms with Crippen molar-refractivity contribution in [1.82, 2.24) is 9.55 Å². The van der Waals surface area contributed by atoms with Crippen LogP contribution in [0.5, 0.6) is 17.2 Å². The number of phenolic OH excluding ortho intramolecular Hbond substituents is 1. The van der Waals surface area contributed by atoms with Crippen LogP contribution in [0.15, 0.2) is 41.1 Å². The molecule has 1 N–H and O–H groups in total. The lowest BCUT2D eigenvalue weighted by molar-refractivity contribution is 0.371. The van der Waals surface area contributed by atoms with Crippen molar-refractivity contribution in [3.05, 3.63) is 46.9 Å². The zero-order valence-electron chi connectivity index (χ0n) is 13.9. The van der Waals surface area contributed by atoms with E-state index in [1.165, 1.54) is 20.3 Å². The van der Waals surface area contributed by atoms with Crippen molar-refractivity contribution in [1.29, 1.82) is 0 Å². The first-order chi connectivity index (χ1) is 12.0. The molecule has 3 aromatic rings. The molecule has 7 heteroatoms. The van der Waals surface area contributed by atoms with Crippen LogP contribution in [-0.4, -0.2) is 28.9 Å². The molecule has 0 aliphatic rings. The number of imidazole rings is 1. The maximum absolute atomic E-state index is 14.1. The van der Waals surface area contributed by atoms with Gasteiger partial charge in [0.2, 0.25) is 0 Å². The van der Waals surface area contributed by atoms with Gasteiger partial charge in [-0.1, -0.05) is 0 Å². The number of nitrogens with zero attached hydrogens (tertiary/aromatic N) is 2. The molecule has 0 radical (unpaired) electrons. The fourth-order valence-corrected chi connectivity index (χ4v) is 3.32. The third-order valence-electron chi connectivity index (χ3n) is 3.86. The lowest BCUT2D eigenvalue weighted by Gasteiger charge is -2.12. The van der Waals surface area contributed by atoms with E-state index in [0.29, 0.717) is 21.5 Å². The Hall–Kier alpha value is -2.54. The number of rotatable bonds is 4. The van der Waals surface area contributed by atoms with Crippen LogP contribution >= 0.6 is 15.9 Å². The predicted octanol–water partition coefficient (Wildman–Crippen LogP) is 4.38. The molecule has 3 rings (SSSR count). The minimum absolute atomic E-state index is 0.0000588. The lowest BCUT2D eigenvalue weighted by Crippen LogP contribution is -1.94. The standard InChI is InChI=1S/C18H16BrFN2O3/c1-22-9-21-16(10-4-5-15(24-2)13(20)7-10)17(22)11-6-12(19)18(25-3)14(23)8-11/h4-9,23H,1-3H3. The van der Waals surface area contributed by atoms with Crippen LogP contribution in [0.2, 0.25) is 0 Å². The summed E-state index contributed by atoms with van der Waals surface area (Å²) >= 11 is 3.39. The van der Waals surface area contributed by atoms with E-state index in [-0.39, 0.29) is 11.5 Å². The van der Waals surface area contributed by atoms with Gasteiger partial charge in [0.1, 0.15) is 0 Å². The summed E-state index contributed by atoms with van der Waals surface area (Å²) in [5.41, 5.74) is 2.67. The summed E-state index contributed by atoms with van der Waals surface area (Å²) in [6.07, 6.45) is 1.64. The van der Waals surface area contributed by atoms with Crippen LogP contribution in [-0.2, 0) is 7.05 Å². The number of halogens is 2. The highest BCUT2D eigenvalue weighted by atomic mass is 79.9. The van der Waals surface area contributed by atoms with Crippen LogP contribution < -0.4 is 9.47 Å². The Labute approximate surface area is 152 Å². The van der Waals surface area contributed by atoms with E-state index < -0.39 is 5.82 Å². The monoisotopic (exact) mass is 406 g/mol. The first-order valence-electron chi connectivity index (χ1n) is 7.38. The number of hydrogen-bond donors (Lipinski definition) is 1. The number of hydrogen-bond acceptors (Lipinski definition) is 4. The molecule has 2 aromatic carbocycles. The van der Waals surface area contributed by atoms with Gasteiger partial charge in [-0.3, -0.25) is 0 Å². The average Bonchev–Trinajstić information content (AvgIpc) is 2.96. The smallest absolute Gasteiger partial charge is 0.174 e. The Kier molecular flexibility index (Phi) is 4.67. The fourth-order valence-electron chi connectivity index (χ4n) is 2.71. The third-order valence-corrected chi connectivity index (χ3v) is 4.45. The zero-order chi connectivity index (χ0) is 18.1. The van der Waals surface area contributed by atoms with Crippen LogP contribution in [0.1, 0.15) is 0 Å². The van der Waals surface area contributed by atoms with Crippen molar-refractivity contribution in [3.63, 3.8) is 0 Å². The minimum atomic E-state index is -0.463. The Bertz CT molecular complexity index is 917. The Morgan fingerprint density at radius 2 is 1.88 bits per heavy atom. The number of aryl methyl sites for hydroxylation is 1. The van der Waals surface area contributed by atoms with E-state index in [1.54, 1.807) is 24.5 Å². The predicted molar refractivity (Wildman–Crippen MR) is 96.5 cm³/mol. The van der Waals surface area contributed by atoms with Crippen LogP contribution in [0, 0.1) is 5.82 Å². The maximum Gasteiger partial charge on any atom is 0.174 e. The first kappa shape index (κ1) is 17.3. The first-order valence-corrected chi connectivity index (χ1v) is 8.17. The summed E-state index contributed by atoms with van der Waals surface area (Å²) in [5, 5.41) is 10.2. The second kappa shape index (κ2) is 6.76. The van der Waals surface area contributed by atoms with Crippen molar-refractivity contribution in [3.8, 4) is 39.8 Å². The van der Waals surface area contributed by atoms with Gasteiger partial charge >= 0.3 is 0 Å². The van der Waals surface area contributed by atoms with E-state index in [9.17, 15) is 9.50 Å². The summed E-state index contributed by atoms with van der Waals surface area (Å²) in [5.74, 6) is 0.0596. The molecule has 0 aliphatic heterocycles. The summed E-state index contributed by atoms with van der Waals surface area (Å²) in [4.78, 5) is 4.39. The second-order valence-corrected chi connectivity index (χ2v) is 6.27. The van der Waals surface area contributed by atoms with Gasteiger partial charge in [0.05, 0.1) is 36.4 Å². The summed E-state index contributed by atoms with van der Waals surface area (Å²) in [6.45, 7) is 0. The quantitative estimate of drug-likeness (QED) is 0.698. The van der Waals surface area contributed by atoms with E-state index in [2.05, 4.69) is 20.9 Å². The summed E-state index contributed by atoms with van der Waals surface area (Å²) in [7, 11) is 4.73. The zero-order valence-corrected chi connectivity index (χ0v) is 15.5. The van der Waals surface area contributed by atoms with Gasteiger partial charge in [0.15, 0.2) is 23.1 Å². The molecule has 0 aliphatic carbocycles. The van der Waals surface area contributed by atoms with Gasteiger partial charge in [-0.05, 0) is 46.3 Å². The molecule has 1 heterocycles. The molecular weight excluding hydrogens is 391 g/mol. The van der Waals surface area contributed by atoms with E-state index in [1.807, 2.05) is 17.7 Å². The van der Waals surface area contributed by atoms with Gasteiger partial charge in [-0.2, -0.15) is 0 Å². The highest BCUT2D eigenvalue weighted by molar-refractivity contribution is 9.10. The van der Waals surface area contributed by atoms with Crippen molar-refractivity contribution >= 4 is 15.9 Å². The molecule has 0 saturated carbocycles. The van der Waals surface area contributed by atoms with Crippen molar-refractivity contribution < 1.29 is 19.0 Å². The summed E-state index contributed by atoms with van der Waals surface area (Å²) in [6, 6.07) is 8.09. The molecule has 1 aromatic heterocycles. The molecule has 130 valence electrons. The van der Waals surface area contributed by atoms with Gasteiger partial charge in [-0.25, -0.2) is 9.37 Å². The molecule has 0 fully saturated rings. The molecule has 0 atom stereocenters. The highest BCUT2D eigenvalue weighted by Crippen LogP contribution is 2.41. The molecule has 0 bridgehead atoms. The SMILES string of the molecule is COc1ccc(-c2ncn(C)c2-c2cc(O)c(OC)c(Br)c2)cc1F. The van der Waals surface area contributed by atoms with E-state index in [0.717, 1.165) is 11.3 Å². The summed E-state index contributed by atoms with van der Waals surface area (Å²) < 4.78 is 26.6. The second-order valence-electron chi connectivity index (χ2n) is 5.41. The number of methoxy groups -OCH3 is 2. The molecule has 25 heavy (non-hydrogen) atoms. The van der Waals surface area contributed by atoms with E-state index >= 15 is 0 Å². The normalized spacial score (nSPS) is 10.8. The van der Waals surface area contributed by atoms with Gasteiger partial charge in [0, 0.05) is 18.2 Å². The van der Waals surface area contributed by atoms with Crippen molar-refractivity contribution in [2.24, 2.45) is 7.05 Å². The third kappa shape index (κ3) is 3.07.